The summed E-state index contributed by atoms with van der Waals surface area (Å²) in [5, 5.41) is 12.4. The van der Waals surface area contributed by atoms with Gasteiger partial charge in [0.2, 0.25) is 5.91 Å². The minimum absolute atomic E-state index is 0.0811. The van der Waals surface area contributed by atoms with E-state index in [1.807, 2.05) is 0 Å². The number of carboxylic acid groups (broad SMARTS) is 1. The predicted molar refractivity (Wildman–Crippen MR) is 76.4 cm³/mol. The number of carboxylic acids is 1. The molecule has 1 aliphatic heterocycles. The first-order valence-electron chi connectivity index (χ1n) is 7.71. The zero-order valence-corrected chi connectivity index (χ0v) is 12.5. The number of amides is 1. The van der Waals surface area contributed by atoms with E-state index in [2.05, 4.69) is 19.2 Å². The molecular formula is C15H26N2O3. The van der Waals surface area contributed by atoms with E-state index in [-0.39, 0.29) is 11.3 Å². The molecule has 1 atom stereocenters. The second kappa shape index (κ2) is 6.12. The lowest BCUT2D eigenvalue weighted by Gasteiger charge is -2.40. The summed E-state index contributed by atoms with van der Waals surface area (Å²) >= 11 is 0. The lowest BCUT2D eigenvalue weighted by Crippen LogP contribution is -2.60. The average molecular weight is 282 g/mol. The Kier molecular flexibility index (Phi) is 4.68. The molecule has 5 heteroatoms. The van der Waals surface area contributed by atoms with Crippen LogP contribution < -0.4 is 5.32 Å². The molecule has 2 aliphatic rings. The molecule has 2 rings (SSSR count). The number of hydrogen-bond acceptors (Lipinski definition) is 3. The summed E-state index contributed by atoms with van der Waals surface area (Å²) in [4.78, 5) is 26.0. The van der Waals surface area contributed by atoms with Gasteiger partial charge in [0.15, 0.2) is 0 Å². The first-order chi connectivity index (χ1) is 9.46. The number of carbonyl (C=O) groups is 2. The Morgan fingerprint density at radius 2 is 2.00 bits per heavy atom. The Bertz CT molecular complexity index is 375. The highest BCUT2D eigenvalue weighted by atomic mass is 16.4. The van der Waals surface area contributed by atoms with Crippen LogP contribution in [-0.4, -0.2) is 47.6 Å². The highest BCUT2D eigenvalue weighted by molar-refractivity contribution is 5.88. The van der Waals surface area contributed by atoms with Crippen molar-refractivity contribution in [3.63, 3.8) is 0 Å². The predicted octanol–water partition coefficient (Wildman–Crippen LogP) is 1.48. The summed E-state index contributed by atoms with van der Waals surface area (Å²) in [6.45, 7) is 5.83. The number of hydrogen-bond donors (Lipinski definition) is 2. The van der Waals surface area contributed by atoms with Crippen LogP contribution >= 0.6 is 0 Å². The fourth-order valence-corrected chi connectivity index (χ4v) is 3.81. The Labute approximate surface area is 120 Å². The van der Waals surface area contributed by atoms with Crippen LogP contribution in [0.3, 0.4) is 0 Å². The van der Waals surface area contributed by atoms with Crippen molar-refractivity contribution in [1.82, 2.24) is 10.2 Å². The molecule has 0 radical (unpaired) electrons. The summed E-state index contributed by atoms with van der Waals surface area (Å²) in [5.41, 5.74) is -0.306. The van der Waals surface area contributed by atoms with Gasteiger partial charge in [-0.15, -0.1) is 0 Å². The van der Waals surface area contributed by atoms with Crippen molar-refractivity contribution in [2.75, 3.05) is 19.6 Å². The molecule has 20 heavy (non-hydrogen) atoms. The molecule has 1 amide bonds. The third kappa shape index (κ3) is 2.97. The van der Waals surface area contributed by atoms with Crippen LogP contribution in [0.4, 0.5) is 0 Å². The molecule has 2 fully saturated rings. The van der Waals surface area contributed by atoms with E-state index in [4.69, 9.17) is 0 Å². The highest BCUT2D eigenvalue weighted by Crippen LogP contribution is 2.45. The van der Waals surface area contributed by atoms with Gasteiger partial charge in [-0.25, -0.2) is 4.79 Å². The molecule has 1 unspecified atom stereocenters. The molecule has 114 valence electrons. The molecule has 1 aliphatic carbocycles. The van der Waals surface area contributed by atoms with Crippen LogP contribution in [0.5, 0.6) is 0 Å². The highest BCUT2D eigenvalue weighted by Gasteiger charge is 2.46. The number of nitrogens with one attached hydrogen (secondary N) is 1. The second-order valence-electron chi connectivity index (χ2n) is 6.64. The van der Waals surface area contributed by atoms with Crippen LogP contribution in [0.25, 0.3) is 0 Å². The van der Waals surface area contributed by atoms with Crippen molar-refractivity contribution in [2.24, 2.45) is 11.3 Å². The van der Waals surface area contributed by atoms with E-state index in [9.17, 15) is 14.7 Å². The zero-order valence-electron chi connectivity index (χ0n) is 12.5. The van der Waals surface area contributed by atoms with Crippen LogP contribution in [0.2, 0.25) is 0 Å². The molecule has 0 spiro atoms. The van der Waals surface area contributed by atoms with Gasteiger partial charge in [0.05, 0.1) is 0 Å². The quantitative estimate of drug-likeness (QED) is 0.819. The van der Waals surface area contributed by atoms with Crippen LogP contribution in [0.15, 0.2) is 0 Å². The lowest BCUT2D eigenvalue weighted by atomic mass is 9.77. The topological polar surface area (TPSA) is 69.6 Å². The second-order valence-corrected chi connectivity index (χ2v) is 6.64. The number of aliphatic carboxylic acids is 1. The summed E-state index contributed by atoms with van der Waals surface area (Å²) in [5.74, 6) is -0.357. The Morgan fingerprint density at radius 1 is 1.35 bits per heavy atom. The van der Waals surface area contributed by atoms with Crippen molar-refractivity contribution in [3.05, 3.63) is 0 Å². The molecule has 0 aromatic heterocycles. The molecular weight excluding hydrogens is 256 g/mol. The molecule has 5 nitrogen and oxygen atoms in total. The first-order valence-corrected chi connectivity index (χ1v) is 7.71. The van der Waals surface area contributed by atoms with Crippen molar-refractivity contribution in [3.8, 4) is 0 Å². The Balaban J connectivity index is 2.19. The zero-order chi connectivity index (χ0) is 14.8. The van der Waals surface area contributed by atoms with Crippen LogP contribution in [0.1, 0.15) is 46.0 Å². The van der Waals surface area contributed by atoms with Crippen molar-refractivity contribution in [1.29, 1.82) is 0 Å². The minimum Gasteiger partial charge on any atom is -0.480 e. The molecule has 1 saturated carbocycles. The minimum atomic E-state index is -0.900. The van der Waals surface area contributed by atoms with Gasteiger partial charge in [0, 0.05) is 25.0 Å². The number of rotatable bonds is 4. The number of nitrogens with zero attached hydrogens (tertiary/aromatic N) is 1. The molecule has 0 aromatic carbocycles. The van der Waals surface area contributed by atoms with Crippen molar-refractivity contribution >= 4 is 11.9 Å². The largest absolute Gasteiger partial charge is 0.480 e. The molecule has 1 heterocycles. The van der Waals surface area contributed by atoms with E-state index in [1.54, 1.807) is 4.90 Å². The standard InChI is InChI=1S/C15H26N2O3/c1-11(2)9-15(5-3-4-6-15)14(20)17-8-7-16-10-12(17)13(18)19/h11-12,16H,3-10H2,1-2H3,(H,18,19). The van der Waals surface area contributed by atoms with Gasteiger partial charge in [-0.05, 0) is 25.2 Å². The maximum Gasteiger partial charge on any atom is 0.327 e. The Morgan fingerprint density at radius 3 is 2.55 bits per heavy atom. The average Bonchev–Trinajstić information content (AvgIpc) is 2.86. The molecule has 0 bridgehead atoms. The van der Waals surface area contributed by atoms with Gasteiger partial charge >= 0.3 is 5.97 Å². The van der Waals surface area contributed by atoms with Gasteiger partial charge < -0.3 is 15.3 Å². The monoisotopic (exact) mass is 282 g/mol. The van der Waals surface area contributed by atoms with E-state index in [1.165, 1.54) is 0 Å². The maximum absolute atomic E-state index is 13.0. The summed E-state index contributed by atoms with van der Waals surface area (Å²) in [6, 6.07) is -0.708. The third-order valence-electron chi connectivity index (χ3n) is 4.60. The van der Waals surface area contributed by atoms with E-state index in [0.29, 0.717) is 25.6 Å². The maximum atomic E-state index is 13.0. The lowest BCUT2D eigenvalue weighted by molar-refractivity contribution is -0.157. The van der Waals surface area contributed by atoms with Crippen molar-refractivity contribution < 1.29 is 14.7 Å². The summed E-state index contributed by atoms with van der Waals surface area (Å²) < 4.78 is 0. The summed E-state index contributed by atoms with van der Waals surface area (Å²) in [7, 11) is 0. The molecule has 0 aromatic rings. The fraction of sp³-hybridized carbons (Fsp3) is 0.867. The third-order valence-corrected chi connectivity index (χ3v) is 4.60. The normalized spacial score (nSPS) is 25.9. The Hall–Kier alpha value is -1.10. The SMILES string of the molecule is CC(C)CC1(C(=O)N2CCNCC2C(=O)O)CCCC1. The first kappa shape index (κ1) is 15.3. The van der Waals surface area contributed by atoms with Gasteiger partial charge in [-0.2, -0.15) is 0 Å². The molecule has 2 N–H and O–H groups in total. The van der Waals surface area contributed by atoms with E-state index in [0.717, 1.165) is 32.1 Å². The van der Waals surface area contributed by atoms with Gasteiger partial charge in [0.25, 0.3) is 0 Å². The van der Waals surface area contributed by atoms with E-state index < -0.39 is 12.0 Å². The molecule has 1 saturated heterocycles. The van der Waals surface area contributed by atoms with Gasteiger partial charge in [-0.3, -0.25) is 4.79 Å². The summed E-state index contributed by atoms with van der Waals surface area (Å²) in [6.07, 6.45) is 4.88. The van der Waals surface area contributed by atoms with Crippen LogP contribution in [0, 0.1) is 11.3 Å². The van der Waals surface area contributed by atoms with Crippen LogP contribution in [-0.2, 0) is 9.59 Å². The smallest absolute Gasteiger partial charge is 0.327 e. The number of carbonyl (C=O) groups excluding carboxylic acids is 1. The van der Waals surface area contributed by atoms with E-state index >= 15 is 0 Å². The fourth-order valence-electron chi connectivity index (χ4n) is 3.81. The van der Waals surface area contributed by atoms with Crippen molar-refractivity contribution in [2.45, 2.75) is 52.0 Å². The number of piperazine rings is 1. The van der Waals surface area contributed by atoms with Gasteiger partial charge in [0.1, 0.15) is 6.04 Å². The van der Waals surface area contributed by atoms with Gasteiger partial charge in [-0.1, -0.05) is 26.7 Å².